The van der Waals surface area contributed by atoms with Gasteiger partial charge in [0.15, 0.2) is 0 Å². The molecule has 0 bridgehead atoms. The number of carbonyl (C=O) groups is 1. The van der Waals surface area contributed by atoms with Gasteiger partial charge in [0.2, 0.25) is 0 Å². The van der Waals surface area contributed by atoms with Gasteiger partial charge in [-0.25, -0.2) is 0 Å². The first-order chi connectivity index (χ1) is 7.83. The highest BCUT2D eigenvalue weighted by Gasteiger charge is 2.00. The van der Waals surface area contributed by atoms with Gasteiger partial charge in [-0.05, 0) is 5.56 Å². The summed E-state index contributed by atoms with van der Waals surface area (Å²) in [7, 11) is 0. The van der Waals surface area contributed by atoms with E-state index in [1.54, 1.807) is 0 Å². The zero-order valence-corrected chi connectivity index (χ0v) is 9.99. The van der Waals surface area contributed by atoms with Gasteiger partial charge < -0.3 is 9.47 Å². The summed E-state index contributed by atoms with van der Waals surface area (Å²) in [4.78, 5) is 10.9. The summed E-state index contributed by atoms with van der Waals surface area (Å²) < 4.78 is 10.3. The van der Waals surface area contributed by atoms with Crippen LogP contribution < -0.4 is 0 Å². The molecule has 16 heavy (non-hydrogen) atoms. The van der Waals surface area contributed by atoms with Crippen LogP contribution in [0.25, 0.3) is 0 Å². The molecule has 1 aromatic carbocycles. The minimum atomic E-state index is -0.224. The Labute approximate surface area is 101 Å². The molecule has 88 valence electrons. The average Bonchev–Trinajstić information content (AvgIpc) is 2.30. The van der Waals surface area contributed by atoms with Crippen molar-refractivity contribution in [1.82, 2.24) is 0 Å². The van der Waals surface area contributed by atoms with Gasteiger partial charge in [-0.15, -0.1) is 0 Å². The molecular weight excluding hydrogens is 224 g/mol. The van der Waals surface area contributed by atoms with Gasteiger partial charge in [0, 0.05) is 5.75 Å². The van der Waals surface area contributed by atoms with Crippen molar-refractivity contribution in [1.29, 1.82) is 0 Å². The third-order valence-electron chi connectivity index (χ3n) is 1.92. The zero-order chi connectivity index (χ0) is 11.6. The SMILES string of the molecule is O=C(CCS)OCCOCc1ccccc1. The molecule has 3 nitrogen and oxygen atoms in total. The van der Waals surface area contributed by atoms with Crippen LogP contribution >= 0.6 is 12.6 Å². The summed E-state index contributed by atoms with van der Waals surface area (Å²) in [6, 6.07) is 9.87. The molecular formula is C12H16O3S. The standard InChI is InChI=1S/C12H16O3S/c13-12(6-9-16)15-8-7-14-10-11-4-2-1-3-5-11/h1-5,16H,6-10H2. The van der Waals surface area contributed by atoms with Crippen molar-refractivity contribution in [3.05, 3.63) is 35.9 Å². The first kappa shape index (κ1) is 13.1. The van der Waals surface area contributed by atoms with Crippen LogP contribution in [0.1, 0.15) is 12.0 Å². The lowest BCUT2D eigenvalue weighted by atomic mass is 10.2. The molecule has 0 radical (unpaired) electrons. The van der Waals surface area contributed by atoms with E-state index >= 15 is 0 Å². The molecule has 0 aliphatic heterocycles. The van der Waals surface area contributed by atoms with Crippen LogP contribution in [0, 0.1) is 0 Å². The number of benzene rings is 1. The number of esters is 1. The van der Waals surface area contributed by atoms with E-state index in [9.17, 15) is 4.79 Å². The third-order valence-corrected chi connectivity index (χ3v) is 2.14. The van der Waals surface area contributed by atoms with Crippen LogP contribution in [0.2, 0.25) is 0 Å². The summed E-state index contributed by atoms with van der Waals surface area (Å²) >= 11 is 3.94. The maximum Gasteiger partial charge on any atom is 0.306 e. The molecule has 0 amide bonds. The zero-order valence-electron chi connectivity index (χ0n) is 9.09. The van der Waals surface area contributed by atoms with Crippen molar-refractivity contribution in [2.24, 2.45) is 0 Å². The Balaban J connectivity index is 2.02. The summed E-state index contributed by atoms with van der Waals surface area (Å²) in [5.74, 6) is 0.294. The largest absolute Gasteiger partial charge is 0.463 e. The molecule has 0 aromatic heterocycles. The Hall–Kier alpha value is -1.00. The second-order valence-electron chi connectivity index (χ2n) is 3.23. The predicted octanol–water partition coefficient (Wildman–Crippen LogP) is 2.07. The summed E-state index contributed by atoms with van der Waals surface area (Å²) in [5.41, 5.74) is 1.11. The average molecular weight is 240 g/mol. The van der Waals surface area contributed by atoms with E-state index in [1.165, 1.54) is 0 Å². The molecule has 0 aliphatic rings. The first-order valence-electron chi connectivity index (χ1n) is 5.21. The molecule has 0 unspecified atom stereocenters. The van der Waals surface area contributed by atoms with Gasteiger partial charge in [-0.3, -0.25) is 4.79 Å². The fraction of sp³-hybridized carbons (Fsp3) is 0.417. The number of hydrogen-bond acceptors (Lipinski definition) is 4. The van der Waals surface area contributed by atoms with Crippen molar-refractivity contribution in [3.63, 3.8) is 0 Å². The van der Waals surface area contributed by atoms with Crippen LogP contribution in [0.15, 0.2) is 30.3 Å². The van der Waals surface area contributed by atoms with Gasteiger partial charge in [0.05, 0.1) is 19.6 Å². The van der Waals surface area contributed by atoms with Crippen molar-refractivity contribution < 1.29 is 14.3 Å². The molecule has 0 saturated carbocycles. The maximum absolute atomic E-state index is 10.9. The second kappa shape index (κ2) is 8.19. The molecule has 0 heterocycles. The van der Waals surface area contributed by atoms with Crippen molar-refractivity contribution in [3.8, 4) is 0 Å². The van der Waals surface area contributed by atoms with Crippen molar-refractivity contribution in [2.75, 3.05) is 19.0 Å². The predicted molar refractivity (Wildman–Crippen MR) is 65.5 cm³/mol. The number of thiol groups is 1. The van der Waals surface area contributed by atoms with Crippen LogP contribution in [0.3, 0.4) is 0 Å². The first-order valence-corrected chi connectivity index (χ1v) is 5.84. The van der Waals surface area contributed by atoms with E-state index in [2.05, 4.69) is 12.6 Å². The fourth-order valence-corrected chi connectivity index (χ4v) is 1.32. The summed E-state index contributed by atoms with van der Waals surface area (Å²) in [6.45, 7) is 1.28. The topological polar surface area (TPSA) is 35.5 Å². The van der Waals surface area contributed by atoms with Crippen molar-refractivity contribution >= 4 is 18.6 Å². The number of rotatable bonds is 7. The van der Waals surface area contributed by atoms with E-state index in [0.29, 0.717) is 32.0 Å². The maximum atomic E-state index is 10.9. The Morgan fingerprint density at radius 2 is 1.94 bits per heavy atom. The molecule has 0 atom stereocenters. The minimum absolute atomic E-state index is 0.224. The molecule has 0 saturated heterocycles. The van der Waals surface area contributed by atoms with Gasteiger partial charge in [-0.1, -0.05) is 30.3 Å². The highest BCUT2D eigenvalue weighted by atomic mass is 32.1. The normalized spacial score (nSPS) is 10.1. The quantitative estimate of drug-likeness (QED) is 0.450. The number of hydrogen-bond donors (Lipinski definition) is 1. The lowest BCUT2D eigenvalue weighted by molar-refractivity contribution is -0.144. The third kappa shape index (κ3) is 5.78. The Morgan fingerprint density at radius 1 is 1.19 bits per heavy atom. The molecule has 0 aliphatic carbocycles. The van der Waals surface area contributed by atoms with E-state index in [1.807, 2.05) is 30.3 Å². The Kier molecular flexibility index (Phi) is 6.69. The van der Waals surface area contributed by atoms with Gasteiger partial charge in [-0.2, -0.15) is 12.6 Å². The van der Waals surface area contributed by atoms with E-state index < -0.39 is 0 Å². The molecule has 0 spiro atoms. The second-order valence-corrected chi connectivity index (χ2v) is 3.68. The van der Waals surface area contributed by atoms with Crippen molar-refractivity contribution in [2.45, 2.75) is 13.0 Å². The van der Waals surface area contributed by atoms with Gasteiger partial charge in [0.1, 0.15) is 6.61 Å². The molecule has 0 N–H and O–H groups in total. The monoisotopic (exact) mass is 240 g/mol. The number of ether oxygens (including phenoxy) is 2. The fourth-order valence-electron chi connectivity index (χ4n) is 1.14. The summed E-state index contributed by atoms with van der Waals surface area (Å²) in [5, 5.41) is 0. The van der Waals surface area contributed by atoms with E-state index in [0.717, 1.165) is 5.56 Å². The lowest BCUT2D eigenvalue weighted by Gasteiger charge is -2.05. The lowest BCUT2D eigenvalue weighted by Crippen LogP contribution is -2.10. The Bertz CT molecular complexity index is 300. The molecule has 1 rings (SSSR count). The van der Waals surface area contributed by atoms with Gasteiger partial charge >= 0.3 is 5.97 Å². The van der Waals surface area contributed by atoms with Crippen LogP contribution in [-0.4, -0.2) is 24.9 Å². The van der Waals surface area contributed by atoms with Crippen LogP contribution in [-0.2, 0) is 20.9 Å². The van der Waals surface area contributed by atoms with E-state index in [4.69, 9.17) is 9.47 Å². The minimum Gasteiger partial charge on any atom is -0.463 e. The van der Waals surface area contributed by atoms with Crippen LogP contribution in [0.4, 0.5) is 0 Å². The highest BCUT2D eigenvalue weighted by molar-refractivity contribution is 7.80. The van der Waals surface area contributed by atoms with Gasteiger partial charge in [0.25, 0.3) is 0 Å². The molecule has 0 fully saturated rings. The molecule has 4 heteroatoms. The smallest absolute Gasteiger partial charge is 0.306 e. The van der Waals surface area contributed by atoms with E-state index in [-0.39, 0.29) is 5.97 Å². The Morgan fingerprint density at radius 3 is 2.62 bits per heavy atom. The highest BCUT2D eigenvalue weighted by Crippen LogP contribution is 2.00. The molecule has 1 aromatic rings. The number of carbonyl (C=O) groups excluding carboxylic acids is 1. The summed E-state index contributed by atoms with van der Waals surface area (Å²) in [6.07, 6.45) is 0.349. The van der Waals surface area contributed by atoms with Crippen LogP contribution in [0.5, 0.6) is 0 Å².